The number of anilines is 2. The number of hydrogen-bond acceptors (Lipinski definition) is 5. The van der Waals surface area contributed by atoms with Gasteiger partial charge in [-0.15, -0.1) is 0 Å². The normalized spacial score (nSPS) is 10.9. The van der Waals surface area contributed by atoms with E-state index in [9.17, 15) is 13.2 Å². The average molecular weight is 441 g/mol. The maximum absolute atomic E-state index is 12.6. The number of sulfonamides is 1. The molecular formula is C23H24N2O5S. The van der Waals surface area contributed by atoms with Gasteiger partial charge in [-0.2, -0.15) is 0 Å². The molecule has 1 amide bonds. The van der Waals surface area contributed by atoms with Crippen LogP contribution in [-0.2, 0) is 14.8 Å². The lowest BCUT2D eigenvalue weighted by molar-refractivity contribution is -0.118. The molecule has 162 valence electrons. The second-order valence-electron chi connectivity index (χ2n) is 6.97. The van der Waals surface area contributed by atoms with Gasteiger partial charge in [-0.3, -0.25) is 9.52 Å². The summed E-state index contributed by atoms with van der Waals surface area (Å²) in [4.78, 5) is 12.2. The number of rotatable bonds is 8. The number of hydrogen-bond donors (Lipinski definition) is 2. The van der Waals surface area contributed by atoms with E-state index in [0.29, 0.717) is 22.9 Å². The lowest BCUT2D eigenvalue weighted by Gasteiger charge is -2.11. The Bertz CT molecular complexity index is 1170. The Kier molecular flexibility index (Phi) is 6.81. The topological polar surface area (TPSA) is 93.7 Å². The summed E-state index contributed by atoms with van der Waals surface area (Å²) in [6.45, 7) is 3.75. The number of nitrogens with one attached hydrogen (secondary N) is 2. The van der Waals surface area contributed by atoms with E-state index in [1.54, 1.807) is 24.3 Å². The highest BCUT2D eigenvalue weighted by molar-refractivity contribution is 7.92. The van der Waals surface area contributed by atoms with Gasteiger partial charge in [0.05, 0.1) is 17.7 Å². The van der Waals surface area contributed by atoms with Crippen LogP contribution in [0.5, 0.6) is 11.5 Å². The monoisotopic (exact) mass is 440 g/mol. The van der Waals surface area contributed by atoms with Crippen molar-refractivity contribution in [2.45, 2.75) is 18.7 Å². The van der Waals surface area contributed by atoms with Crippen LogP contribution in [0.2, 0.25) is 0 Å². The summed E-state index contributed by atoms with van der Waals surface area (Å²) >= 11 is 0. The van der Waals surface area contributed by atoms with E-state index < -0.39 is 10.0 Å². The summed E-state index contributed by atoms with van der Waals surface area (Å²) in [7, 11) is -2.27. The Hall–Kier alpha value is -3.52. The van der Waals surface area contributed by atoms with Gasteiger partial charge >= 0.3 is 0 Å². The maximum Gasteiger partial charge on any atom is 0.262 e. The summed E-state index contributed by atoms with van der Waals surface area (Å²) in [5.74, 6) is 0.845. The van der Waals surface area contributed by atoms with Crippen LogP contribution in [0.1, 0.15) is 11.1 Å². The third-order valence-electron chi connectivity index (χ3n) is 4.46. The highest BCUT2D eigenvalue weighted by atomic mass is 32.2. The minimum absolute atomic E-state index is 0.0693. The van der Waals surface area contributed by atoms with Crippen molar-refractivity contribution >= 4 is 27.3 Å². The van der Waals surface area contributed by atoms with Gasteiger partial charge in [0.2, 0.25) is 0 Å². The van der Waals surface area contributed by atoms with Crippen LogP contribution in [0.3, 0.4) is 0 Å². The molecule has 0 aromatic heterocycles. The smallest absolute Gasteiger partial charge is 0.262 e. The van der Waals surface area contributed by atoms with Crippen molar-refractivity contribution in [1.29, 1.82) is 0 Å². The van der Waals surface area contributed by atoms with Crippen LogP contribution in [0.25, 0.3) is 0 Å². The molecule has 0 aliphatic rings. The standard InChI is InChI=1S/C23H24N2O5S/c1-16-7-12-22(17(2)13-16)30-15-23(26)24-18-8-10-21(11-9-18)31(27,28)25-19-5-4-6-20(14-19)29-3/h4-14,25H,15H2,1-3H3,(H,24,26). The second kappa shape index (κ2) is 9.53. The van der Waals surface area contributed by atoms with Crippen molar-refractivity contribution in [2.75, 3.05) is 23.8 Å². The highest BCUT2D eigenvalue weighted by Gasteiger charge is 2.15. The van der Waals surface area contributed by atoms with Crippen LogP contribution < -0.4 is 19.5 Å². The molecule has 0 radical (unpaired) electrons. The average Bonchev–Trinajstić information content (AvgIpc) is 2.73. The molecule has 0 atom stereocenters. The van der Waals surface area contributed by atoms with Gasteiger partial charge in [-0.25, -0.2) is 8.42 Å². The number of ether oxygens (including phenoxy) is 2. The van der Waals surface area contributed by atoms with Crippen molar-refractivity contribution in [3.63, 3.8) is 0 Å². The molecule has 3 aromatic carbocycles. The molecule has 0 bridgehead atoms. The maximum atomic E-state index is 12.6. The number of amides is 1. The zero-order chi connectivity index (χ0) is 22.4. The largest absolute Gasteiger partial charge is 0.497 e. The zero-order valence-electron chi connectivity index (χ0n) is 17.5. The minimum Gasteiger partial charge on any atom is -0.497 e. The molecule has 7 nitrogen and oxygen atoms in total. The van der Waals surface area contributed by atoms with Crippen molar-refractivity contribution in [3.8, 4) is 11.5 Å². The minimum atomic E-state index is -3.78. The predicted molar refractivity (Wildman–Crippen MR) is 120 cm³/mol. The molecule has 0 fully saturated rings. The van der Waals surface area contributed by atoms with Crippen molar-refractivity contribution < 1.29 is 22.7 Å². The Morgan fingerprint density at radius 1 is 0.935 bits per heavy atom. The van der Waals surface area contributed by atoms with Crippen molar-refractivity contribution in [2.24, 2.45) is 0 Å². The first-order valence-corrected chi connectivity index (χ1v) is 11.0. The van der Waals surface area contributed by atoms with Crippen LogP contribution in [0, 0.1) is 13.8 Å². The van der Waals surface area contributed by atoms with Gasteiger partial charge in [-0.05, 0) is 61.9 Å². The third-order valence-corrected chi connectivity index (χ3v) is 5.86. The molecule has 31 heavy (non-hydrogen) atoms. The van der Waals surface area contributed by atoms with Crippen LogP contribution in [0.4, 0.5) is 11.4 Å². The van der Waals surface area contributed by atoms with E-state index in [1.807, 2.05) is 32.0 Å². The number of carbonyl (C=O) groups is 1. The molecule has 0 heterocycles. The zero-order valence-corrected chi connectivity index (χ0v) is 18.3. The molecule has 0 aliphatic heterocycles. The van der Waals surface area contributed by atoms with Crippen LogP contribution >= 0.6 is 0 Å². The number of carbonyl (C=O) groups excluding carboxylic acids is 1. The van der Waals surface area contributed by atoms with Crippen molar-refractivity contribution in [3.05, 3.63) is 77.9 Å². The SMILES string of the molecule is COc1cccc(NS(=O)(=O)c2ccc(NC(=O)COc3ccc(C)cc3C)cc2)c1. The van der Waals surface area contributed by atoms with Gasteiger partial charge in [0.15, 0.2) is 6.61 Å². The molecule has 0 aliphatic carbocycles. The molecule has 3 aromatic rings. The molecule has 0 saturated carbocycles. The van der Waals surface area contributed by atoms with Gasteiger partial charge in [-0.1, -0.05) is 23.8 Å². The van der Waals surface area contributed by atoms with Gasteiger partial charge < -0.3 is 14.8 Å². The molecule has 3 rings (SSSR count). The molecule has 0 unspecified atom stereocenters. The fourth-order valence-corrected chi connectivity index (χ4v) is 3.97. The van der Waals surface area contributed by atoms with E-state index in [-0.39, 0.29) is 17.4 Å². The second-order valence-corrected chi connectivity index (χ2v) is 8.65. The first kappa shape index (κ1) is 22.2. The van der Waals surface area contributed by atoms with Gasteiger partial charge in [0.25, 0.3) is 15.9 Å². The summed E-state index contributed by atoms with van der Waals surface area (Å²) in [5.41, 5.74) is 2.92. The van der Waals surface area contributed by atoms with Gasteiger partial charge in [0, 0.05) is 11.8 Å². The first-order chi connectivity index (χ1) is 14.8. The fourth-order valence-electron chi connectivity index (χ4n) is 2.92. The molecular weight excluding hydrogens is 416 g/mol. The lowest BCUT2D eigenvalue weighted by atomic mass is 10.1. The van der Waals surface area contributed by atoms with E-state index in [1.165, 1.54) is 31.4 Å². The lowest BCUT2D eigenvalue weighted by Crippen LogP contribution is -2.20. The quantitative estimate of drug-likeness (QED) is 0.549. The van der Waals surface area contributed by atoms with E-state index in [0.717, 1.165) is 11.1 Å². The summed E-state index contributed by atoms with van der Waals surface area (Å²) < 4.78 is 38.3. The molecule has 8 heteroatoms. The van der Waals surface area contributed by atoms with E-state index in [2.05, 4.69) is 10.0 Å². The number of benzene rings is 3. The van der Waals surface area contributed by atoms with E-state index >= 15 is 0 Å². The first-order valence-electron chi connectivity index (χ1n) is 9.54. The summed E-state index contributed by atoms with van der Waals surface area (Å²) in [6, 6.07) is 18.2. The Balaban J connectivity index is 1.60. The molecule has 0 saturated heterocycles. The third kappa shape index (κ3) is 5.99. The number of methoxy groups -OCH3 is 1. The Morgan fingerprint density at radius 2 is 1.68 bits per heavy atom. The molecule has 2 N–H and O–H groups in total. The van der Waals surface area contributed by atoms with Gasteiger partial charge in [0.1, 0.15) is 11.5 Å². The van der Waals surface area contributed by atoms with Crippen LogP contribution in [0.15, 0.2) is 71.6 Å². The summed E-state index contributed by atoms with van der Waals surface area (Å²) in [5, 5.41) is 2.69. The highest BCUT2D eigenvalue weighted by Crippen LogP contribution is 2.22. The van der Waals surface area contributed by atoms with E-state index in [4.69, 9.17) is 9.47 Å². The Labute approximate surface area is 182 Å². The Morgan fingerprint density at radius 3 is 2.35 bits per heavy atom. The van der Waals surface area contributed by atoms with Crippen molar-refractivity contribution in [1.82, 2.24) is 0 Å². The number of aryl methyl sites for hydroxylation is 2. The van der Waals surface area contributed by atoms with Crippen LogP contribution in [-0.4, -0.2) is 28.0 Å². The predicted octanol–water partition coefficient (Wildman–Crippen LogP) is 4.13. The molecule has 0 spiro atoms. The fraction of sp³-hybridized carbons (Fsp3) is 0.174. The summed E-state index contributed by atoms with van der Waals surface area (Å²) in [6.07, 6.45) is 0.